The van der Waals surface area contributed by atoms with Crippen LogP contribution in [0.1, 0.15) is 23.8 Å². The van der Waals surface area contributed by atoms with Gasteiger partial charge < -0.3 is 19.1 Å². The minimum Gasteiger partial charge on any atom is -0.497 e. The normalized spacial score (nSPS) is 21.1. The lowest BCUT2D eigenvalue weighted by molar-refractivity contribution is -0.165. The molecule has 1 saturated heterocycles. The first kappa shape index (κ1) is 31.7. The summed E-state index contributed by atoms with van der Waals surface area (Å²) in [4.78, 5) is 22.8. The smallest absolute Gasteiger partial charge is 0.321 e. The molecular formula is C28H34Cl3N3O4. The zero-order valence-electron chi connectivity index (χ0n) is 21.4. The van der Waals surface area contributed by atoms with Crippen molar-refractivity contribution in [1.82, 2.24) is 9.88 Å². The molecule has 5 rings (SSSR count). The molecule has 2 heterocycles. The molecule has 206 valence electrons. The van der Waals surface area contributed by atoms with Gasteiger partial charge in [0.25, 0.3) is 0 Å². The van der Waals surface area contributed by atoms with Crippen molar-refractivity contribution in [3.05, 3.63) is 90.1 Å². The van der Waals surface area contributed by atoms with E-state index in [1.807, 2.05) is 79.0 Å². The fourth-order valence-electron chi connectivity index (χ4n) is 4.95. The van der Waals surface area contributed by atoms with Gasteiger partial charge in [-0.3, -0.25) is 9.69 Å². The van der Waals surface area contributed by atoms with Gasteiger partial charge in [0, 0.05) is 45.0 Å². The topological polar surface area (TPSA) is 64.1 Å². The van der Waals surface area contributed by atoms with Crippen LogP contribution in [0.3, 0.4) is 0 Å². The highest BCUT2D eigenvalue weighted by atomic mass is 35.5. The molecule has 0 amide bonds. The number of esters is 1. The second kappa shape index (κ2) is 14.0. The number of benzene rings is 2. The van der Waals surface area contributed by atoms with Gasteiger partial charge in [-0.25, -0.2) is 4.98 Å². The highest BCUT2D eigenvalue weighted by Gasteiger charge is 2.64. The summed E-state index contributed by atoms with van der Waals surface area (Å²) in [6.07, 6.45) is 1.74. The van der Waals surface area contributed by atoms with E-state index in [4.69, 9.17) is 14.2 Å². The van der Waals surface area contributed by atoms with Gasteiger partial charge in [-0.05, 0) is 36.2 Å². The molecule has 2 fully saturated rings. The van der Waals surface area contributed by atoms with Gasteiger partial charge in [0.1, 0.15) is 17.0 Å². The van der Waals surface area contributed by atoms with Crippen LogP contribution < -0.4 is 9.64 Å². The van der Waals surface area contributed by atoms with Gasteiger partial charge in [-0.15, -0.1) is 37.2 Å². The Morgan fingerprint density at radius 3 is 2.11 bits per heavy atom. The number of aromatic nitrogens is 1. The molecule has 3 aromatic rings. The molecule has 1 aromatic heterocycles. The molecule has 0 bridgehead atoms. The fraction of sp³-hybridized carbons (Fsp3) is 0.357. The minimum atomic E-state index is -0.802. The van der Waals surface area contributed by atoms with E-state index in [0.717, 1.165) is 48.9 Å². The van der Waals surface area contributed by atoms with Crippen molar-refractivity contribution in [3.8, 4) is 5.75 Å². The summed E-state index contributed by atoms with van der Waals surface area (Å²) in [6, 6.07) is 23.5. The second-order valence-electron chi connectivity index (χ2n) is 9.01. The number of pyridine rings is 1. The average Bonchev–Trinajstić information content (AvgIpc) is 3.69. The van der Waals surface area contributed by atoms with Crippen LogP contribution in [0.4, 0.5) is 5.82 Å². The Hall–Kier alpha value is -2.55. The van der Waals surface area contributed by atoms with E-state index in [1.54, 1.807) is 14.2 Å². The molecule has 0 N–H and O–H groups in total. The number of anilines is 1. The van der Waals surface area contributed by atoms with Crippen molar-refractivity contribution in [2.24, 2.45) is 0 Å². The summed E-state index contributed by atoms with van der Waals surface area (Å²) in [5.74, 6) is 1.47. The first-order valence-corrected chi connectivity index (χ1v) is 12.0. The van der Waals surface area contributed by atoms with E-state index in [9.17, 15) is 4.79 Å². The Morgan fingerprint density at radius 1 is 0.895 bits per heavy atom. The maximum Gasteiger partial charge on any atom is 0.321 e. The summed E-state index contributed by atoms with van der Waals surface area (Å²) >= 11 is 0. The van der Waals surface area contributed by atoms with Gasteiger partial charge in [0.05, 0.1) is 13.2 Å². The third kappa shape index (κ3) is 6.35. The van der Waals surface area contributed by atoms with E-state index < -0.39 is 11.6 Å². The van der Waals surface area contributed by atoms with Crippen molar-refractivity contribution >= 4 is 49.0 Å². The van der Waals surface area contributed by atoms with E-state index in [0.29, 0.717) is 6.42 Å². The molecule has 0 spiro atoms. The zero-order valence-corrected chi connectivity index (χ0v) is 23.8. The lowest BCUT2D eigenvalue weighted by atomic mass is 9.95. The third-order valence-electron chi connectivity index (χ3n) is 7.07. The van der Waals surface area contributed by atoms with Gasteiger partial charge in [-0.2, -0.15) is 0 Å². The molecule has 0 radical (unpaired) electrons. The van der Waals surface area contributed by atoms with Crippen molar-refractivity contribution in [2.45, 2.75) is 24.2 Å². The average molecular weight is 583 g/mol. The van der Waals surface area contributed by atoms with E-state index in [2.05, 4.69) is 14.8 Å². The lowest BCUT2D eigenvalue weighted by Gasteiger charge is -2.39. The number of halogens is 3. The summed E-state index contributed by atoms with van der Waals surface area (Å²) in [6.45, 7) is 3.13. The fourth-order valence-corrected chi connectivity index (χ4v) is 4.95. The highest BCUT2D eigenvalue weighted by molar-refractivity contribution is 5.88. The standard InChI is InChI=1S/C28H31N3O4.3ClH/c1-33-23-13-11-22(12-14-23)28(20-24(28)34-2)27(32)35-26(21-8-4-3-5-9-21)31-18-16-30(17-19-31)25-10-6-7-15-29-25;;;/h3-15,24,26H,16-20H2,1-2H3;3*1H. The monoisotopic (exact) mass is 581 g/mol. The second-order valence-corrected chi connectivity index (χ2v) is 9.01. The summed E-state index contributed by atoms with van der Waals surface area (Å²) in [5.41, 5.74) is 1.05. The number of hydrogen-bond donors (Lipinski definition) is 0. The Balaban J connectivity index is 0.00000169. The predicted octanol–water partition coefficient (Wildman–Crippen LogP) is 5.08. The van der Waals surface area contributed by atoms with Crippen molar-refractivity contribution in [2.75, 3.05) is 45.3 Å². The number of methoxy groups -OCH3 is 2. The van der Waals surface area contributed by atoms with E-state index in [-0.39, 0.29) is 49.3 Å². The van der Waals surface area contributed by atoms with Crippen LogP contribution in [0.5, 0.6) is 5.75 Å². The molecule has 10 heteroatoms. The van der Waals surface area contributed by atoms with Crippen LogP contribution in [0.15, 0.2) is 79.0 Å². The summed E-state index contributed by atoms with van der Waals surface area (Å²) in [5, 5.41) is 0. The van der Waals surface area contributed by atoms with Crippen molar-refractivity contribution in [3.63, 3.8) is 0 Å². The van der Waals surface area contributed by atoms with Crippen molar-refractivity contribution < 1.29 is 19.0 Å². The first-order valence-electron chi connectivity index (χ1n) is 12.0. The molecule has 2 aliphatic rings. The SMILES string of the molecule is COc1ccc(C2(C(=O)OC(c3ccccc3)N3CCN(c4ccccn4)CC3)CC2OC)cc1.Cl.Cl.Cl. The summed E-state index contributed by atoms with van der Waals surface area (Å²) in [7, 11) is 3.28. The van der Waals surface area contributed by atoms with Crippen LogP contribution >= 0.6 is 37.2 Å². The highest BCUT2D eigenvalue weighted by Crippen LogP contribution is 2.52. The van der Waals surface area contributed by atoms with Gasteiger partial charge >= 0.3 is 5.97 Å². The molecule has 7 nitrogen and oxygen atoms in total. The van der Waals surface area contributed by atoms with Crippen LogP contribution in [0, 0.1) is 0 Å². The Bertz CT molecular complexity index is 1130. The number of carbonyl (C=O) groups is 1. The molecule has 3 atom stereocenters. The van der Waals surface area contributed by atoms with Gasteiger partial charge in [-0.1, -0.05) is 48.5 Å². The number of rotatable bonds is 8. The molecule has 38 heavy (non-hydrogen) atoms. The number of piperazine rings is 1. The third-order valence-corrected chi connectivity index (χ3v) is 7.07. The molecule has 1 aliphatic heterocycles. The molecule has 1 saturated carbocycles. The molecule has 3 unspecified atom stereocenters. The maximum atomic E-state index is 13.8. The first-order chi connectivity index (χ1) is 17.2. The number of carbonyl (C=O) groups excluding carboxylic acids is 1. The number of nitrogens with zero attached hydrogens (tertiary/aromatic N) is 3. The zero-order chi connectivity index (χ0) is 24.3. The van der Waals surface area contributed by atoms with Crippen LogP contribution in [0.25, 0.3) is 0 Å². The molecule has 2 aromatic carbocycles. The van der Waals surface area contributed by atoms with Crippen LogP contribution in [-0.4, -0.2) is 62.4 Å². The lowest BCUT2D eigenvalue weighted by Crippen LogP contribution is -2.49. The molecule has 1 aliphatic carbocycles. The van der Waals surface area contributed by atoms with Crippen molar-refractivity contribution in [1.29, 1.82) is 0 Å². The Kier molecular flexibility index (Phi) is 11.7. The van der Waals surface area contributed by atoms with Gasteiger partial charge in [0.2, 0.25) is 0 Å². The minimum absolute atomic E-state index is 0. The Labute approximate surface area is 242 Å². The Morgan fingerprint density at radius 2 is 1.55 bits per heavy atom. The van der Waals surface area contributed by atoms with E-state index in [1.165, 1.54) is 0 Å². The number of hydrogen-bond acceptors (Lipinski definition) is 7. The molecular weight excluding hydrogens is 549 g/mol. The number of ether oxygens (including phenoxy) is 3. The quantitative estimate of drug-likeness (QED) is 0.344. The summed E-state index contributed by atoms with van der Waals surface area (Å²) < 4.78 is 17.3. The van der Waals surface area contributed by atoms with Gasteiger partial charge in [0.15, 0.2) is 6.23 Å². The maximum absolute atomic E-state index is 13.8. The van der Waals surface area contributed by atoms with E-state index >= 15 is 0 Å². The van der Waals surface area contributed by atoms with Crippen LogP contribution in [0.2, 0.25) is 0 Å². The predicted molar refractivity (Wildman–Crippen MR) is 155 cm³/mol. The largest absolute Gasteiger partial charge is 0.497 e. The van der Waals surface area contributed by atoms with Crippen LogP contribution in [-0.2, 0) is 19.7 Å².